The molecule has 1 aliphatic heterocycles. The number of ether oxygens (including phenoxy) is 1. The Morgan fingerprint density at radius 3 is 2.77 bits per heavy atom. The molecular weight excluding hydrogens is 286 g/mol. The second-order valence-corrected chi connectivity index (χ2v) is 6.05. The highest BCUT2D eigenvalue weighted by Gasteiger charge is 2.35. The third-order valence-electron chi connectivity index (χ3n) is 2.99. The first-order chi connectivity index (χ1) is 10.2. The molecule has 1 aromatic rings. The minimum Gasteiger partial charge on any atom is -0.443 e. The molecule has 0 bridgehead atoms. The number of rotatable bonds is 2. The third-order valence-corrected chi connectivity index (χ3v) is 2.99. The maximum atomic E-state index is 12.1. The van der Waals surface area contributed by atoms with Crippen molar-refractivity contribution in [1.82, 2.24) is 15.4 Å². The highest BCUT2D eigenvalue weighted by atomic mass is 16.6. The minimum atomic E-state index is -0.636. The molecule has 22 heavy (non-hydrogen) atoms. The molecule has 8 heteroatoms. The number of nitrogens with one attached hydrogen (secondary N) is 2. The first kappa shape index (κ1) is 16.0. The molecule has 2 amide bonds. The van der Waals surface area contributed by atoms with E-state index in [1.54, 1.807) is 27.7 Å². The van der Waals surface area contributed by atoms with E-state index in [1.165, 1.54) is 11.2 Å². The first-order valence-electron chi connectivity index (χ1n) is 7.14. The van der Waals surface area contributed by atoms with E-state index in [0.717, 1.165) is 0 Å². The lowest BCUT2D eigenvalue weighted by Crippen LogP contribution is -2.57. The van der Waals surface area contributed by atoms with Crippen molar-refractivity contribution in [3.05, 3.63) is 12.0 Å². The summed E-state index contributed by atoms with van der Waals surface area (Å²) in [4.78, 5) is 32.6. The van der Waals surface area contributed by atoms with Crippen LogP contribution in [0, 0.1) is 6.92 Å². The molecule has 0 fully saturated rings. The lowest BCUT2D eigenvalue weighted by molar-refractivity contribution is -0.117. The third kappa shape index (κ3) is 3.44. The van der Waals surface area contributed by atoms with E-state index in [9.17, 15) is 9.59 Å². The zero-order valence-corrected chi connectivity index (χ0v) is 13.4. The molecule has 8 nitrogen and oxygen atoms in total. The minimum absolute atomic E-state index is 0.224. The van der Waals surface area contributed by atoms with Crippen LogP contribution in [-0.2, 0) is 9.53 Å². The second kappa shape index (κ2) is 5.78. The van der Waals surface area contributed by atoms with Crippen LogP contribution in [0.15, 0.2) is 6.20 Å². The van der Waals surface area contributed by atoms with Crippen LogP contribution < -0.4 is 15.8 Å². The Kier molecular flexibility index (Phi) is 4.20. The summed E-state index contributed by atoms with van der Waals surface area (Å²) < 4.78 is 5.25. The molecule has 1 aromatic heterocycles. The van der Waals surface area contributed by atoms with Crippen molar-refractivity contribution in [2.24, 2.45) is 0 Å². The number of aromatic nitrogens is 2. The first-order valence-corrected chi connectivity index (χ1v) is 7.14. The molecule has 0 radical (unpaired) electrons. The van der Waals surface area contributed by atoms with Gasteiger partial charge in [0, 0.05) is 0 Å². The van der Waals surface area contributed by atoms with Crippen molar-refractivity contribution >= 4 is 23.5 Å². The number of hydrogen-bond donors (Lipinski definition) is 2. The topological polar surface area (TPSA) is 96.5 Å². The van der Waals surface area contributed by atoms with E-state index in [-0.39, 0.29) is 5.91 Å². The van der Waals surface area contributed by atoms with E-state index in [1.807, 2.05) is 6.92 Å². The van der Waals surface area contributed by atoms with E-state index in [4.69, 9.17) is 4.74 Å². The average molecular weight is 307 g/mol. The van der Waals surface area contributed by atoms with E-state index in [0.29, 0.717) is 23.8 Å². The van der Waals surface area contributed by atoms with Gasteiger partial charge in [-0.15, -0.1) is 0 Å². The molecule has 2 rings (SSSR count). The normalized spacial score (nSPS) is 17.6. The zero-order chi connectivity index (χ0) is 16.5. The second-order valence-electron chi connectivity index (χ2n) is 6.05. The zero-order valence-electron chi connectivity index (χ0n) is 13.4. The Balaban J connectivity index is 2.32. The van der Waals surface area contributed by atoms with Crippen LogP contribution in [0.25, 0.3) is 0 Å². The molecule has 0 aliphatic carbocycles. The number of carbonyl (C=O) groups excluding carboxylic acids is 2. The molecular formula is C14H21N5O3. The van der Waals surface area contributed by atoms with Crippen molar-refractivity contribution < 1.29 is 14.3 Å². The van der Waals surface area contributed by atoms with Gasteiger partial charge in [0.2, 0.25) is 5.91 Å². The Labute approximate surface area is 129 Å². The Hall–Kier alpha value is -2.38. The Morgan fingerprint density at radius 1 is 1.50 bits per heavy atom. The predicted molar refractivity (Wildman–Crippen MR) is 81.3 cm³/mol. The van der Waals surface area contributed by atoms with Crippen molar-refractivity contribution in [3.8, 4) is 0 Å². The van der Waals surface area contributed by atoms with Crippen LogP contribution in [-0.4, -0.2) is 33.6 Å². The molecule has 0 saturated carbocycles. The molecule has 1 atom stereocenters. The van der Waals surface area contributed by atoms with Crippen molar-refractivity contribution in [2.45, 2.75) is 52.7 Å². The molecule has 1 aliphatic rings. The fourth-order valence-corrected chi connectivity index (χ4v) is 2.11. The van der Waals surface area contributed by atoms with Crippen LogP contribution in [0.2, 0.25) is 0 Å². The molecule has 0 aromatic carbocycles. The Morgan fingerprint density at radius 2 is 2.18 bits per heavy atom. The molecule has 0 saturated heterocycles. The van der Waals surface area contributed by atoms with Crippen LogP contribution in [0.4, 0.5) is 16.3 Å². The summed E-state index contributed by atoms with van der Waals surface area (Å²) in [6.07, 6.45) is 1.39. The summed E-state index contributed by atoms with van der Waals surface area (Å²) in [5.74, 6) is 0.768. The van der Waals surface area contributed by atoms with Gasteiger partial charge in [0.25, 0.3) is 0 Å². The molecule has 1 unspecified atom stereocenters. The van der Waals surface area contributed by atoms with Gasteiger partial charge in [-0.3, -0.25) is 9.80 Å². The number of hydrazine groups is 1. The monoisotopic (exact) mass is 307 g/mol. The highest BCUT2D eigenvalue weighted by molar-refractivity contribution is 6.02. The molecule has 0 spiro atoms. The van der Waals surface area contributed by atoms with Crippen LogP contribution in [0.3, 0.4) is 0 Å². The summed E-state index contributed by atoms with van der Waals surface area (Å²) in [5, 5.41) is 4.18. The van der Waals surface area contributed by atoms with Gasteiger partial charge in [0.15, 0.2) is 5.82 Å². The standard InChI is InChI=1S/C14H21N5O3/c1-6-10-12(20)17-9-7-15-8(2)16-11(9)19(10)18-13(21)22-14(3,4)5/h7,10H,6H2,1-5H3,(H,17,20)(H,18,21). The van der Waals surface area contributed by atoms with Gasteiger partial charge >= 0.3 is 6.09 Å². The maximum absolute atomic E-state index is 12.1. The van der Waals surface area contributed by atoms with Gasteiger partial charge in [0.1, 0.15) is 23.2 Å². The van der Waals surface area contributed by atoms with Gasteiger partial charge < -0.3 is 10.1 Å². The fourth-order valence-electron chi connectivity index (χ4n) is 2.11. The lowest BCUT2D eigenvalue weighted by atomic mass is 10.1. The molecule has 2 heterocycles. The summed E-state index contributed by atoms with van der Waals surface area (Å²) >= 11 is 0. The highest BCUT2D eigenvalue weighted by Crippen LogP contribution is 2.29. The van der Waals surface area contributed by atoms with Gasteiger partial charge in [-0.1, -0.05) is 6.92 Å². The van der Waals surface area contributed by atoms with Gasteiger partial charge in [-0.25, -0.2) is 20.2 Å². The van der Waals surface area contributed by atoms with Crippen LogP contribution in [0.5, 0.6) is 0 Å². The van der Waals surface area contributed by atoms with Gasteiger partial charge in [-0.2, -0.15) is 0 Å². The van der Waals surface area contributed by atoms with Gasteiger partial charge in [0.05, 0.1) is 6.20 Å². The van der Waals surface area contributed by atoms with Crippen molar-refractivity contribution in [2.75, 3.05) is 10.3 Å². The van der Waals surface area contributed by atoms with Crippen LogP contribution >= 0.6 is 0 Å². The lowest BCUT2D eigenvalue weighted by Gasteiger charge is -2.36. The fraction of sp³-hybridized carbons (Fsp3) is 0.571. The summed E-state index contributed by atoms with van der Waals surface area (Å²) in [6.45, 7) is 8.91. The van der Waals surface area contributed by atoms with Crippen molar-refractivity contribution in [1.29, 1.82) is 0 Å². The van der Waals surface area contributed by atoms with E-state index < -0.39 is 17.7 Å². The number of aryl methyl sites for hydroxylation is 1. The predicted octanol–water partition coefficient (Wildman–Crippen LogP) is 1.76. The maximum Gasteiger partial charge on any atom is 0.426 e. The number of fused-ring (bicyclic) bond motifs is 1. The summed E-state index contributed by atoms with van der Waals surface area (Å²) in [6, 6.07) is -0.561. The Bertz CT molecular complexity index is 597. The summed E-state index contributed by atoms with van der Waals surface area (Å²) in [7, 11) is 0. The van der Waals surface area contributed by atoms with E-state index >= 15 is 0 Å². The SMILES string of the molecule is CCC1C(=O)Nc2cnc(C)nc2N1NC(=O)OC(C)(C)C. The van der Waals surface area contributed by atoms with Crippen LogP contribution in [0.1, 0.15) is 39.9 Å². The smallest absolute Gasteiger partial charge is 0.426 e. The van der Waals surface area contributed by atoms with Crippen molar-refractivity contribution in [3.63, 3.8) is 0 Å². The number of hydrogen-bond acceptors (Lipinski definition) is 6. The van der Waals surface area contributed by atoms with E-state index in [2.05, 4.69) is 20.7 Å². The average Bonchev–Trinajstić information content (AvgIpc) is 2.37. The number of anilines is 2. The molecule has 120 valence electrons. The number of amides is 2. The molecule has 2 N–H and O–H groups in total. The van der Waals surface area contributed by atoms with Gasteiger partial charge in [-0.05, 0) is 34.1 Å². The number of carbonyl (C=O) groups is 2. The largest absolute Gasteiger partial charge is 0.443 e. The quantitative estimate of drug-likeness (QED) is 0.864. The summed E-state index contributed by atoms with van der Waals surface area (Å²) in [5.41, 5.74) is 2.44. The number of nitrogens with zero attached hydrogens (tertiary/aromatic N) is 3.